The largest absolute Gasteiger partial charge is 0.376 e. The number of amides is 2. The summed E-state index contributed by atoms with van der Waals surface area (Å²) in [6, 6.07) is 16.2. The second kappa shape index (κ2) is 8.86. The van der Waals surface area contributed by atoms with Gasteiger partial charge in [-0.25, -0.2) is 0 Å². The Morgan fingerprint density at radius 1 is 0.963 bits per heavy atom. The summed E-state index contributed by atoms with van der Waals surface area (Å²) in [5.74, 6) is -0.316. The molecule has 0 radical (unpaired) electrons. The molecule has 6 heteroatoms. The van der Waals surface area contributed by atoms with Crippen LogP contribution < -0.4 is 16.0 Å². The lowest BCUT2D eigenvalue weighted by molar-refractivity contribution is -0.114. The van der Waals surface area contributed by atoms with Crippen molar-refractivity contribution in [3.63, 3.8) is 0 Å². The van der Waals surface area contributed by atoms with Gasteiger partial charge in [-0.05, 0) is 62.7 Å². The van der Waals surface area contributed by atoms with Crippen molar-refractivity contribution < 1.29 is 9.59 Å². The Labute approximate surface area is 159 Å². The summed E-state index contributed by atoms with van der Waals surface area (Å²) in [7, 11) is 0. The Balaban J connectivity index is 1.84. The Kier molecular flexibility index (Phi) is 6.56. The first-order chi connectivity index (χ1) is 12.8. The molecule has 2 aromatic rings. The van der Waals surface area contributed by atoms with Gasteiger partial charge in [-0.3, -0.25) is 9.59 Å². The maximum Gasteiger partial charge on any atom is 0.251 e. The molecular weight excluding hydrogens is 340 g/mol. The van der Waals surface area contributed by atoms with Gasteiger partial charge in [0.05, 0.1) is 19.0 Å². The number of carbonyl (C=O) groups excluding carboxylic acids is 2. The lowest BCUT2D eigenvalue weighted by Crippen LogP contribution is -2.40. The molecule has 0 heterocycles. The van der Waals surface area contributed by atoms with E-state index in [0.717, 1.165) is 11.3 Å². The molecule has 0 bridgehead atoms. The monoisotopic (exact) mass is 364 g/mol. The van der Waals surface area contributed by atoms with Crippen LogP contribution in [0.1, 0.15) is 36.7 Å². The minimum Gasteiger partial charge on any atom is -0.376 e. The SMILES string of the molecule is CC(C)(C)NC(=O)c1ccc(NCC(=O)Nc2ccc(CC#N)cc2)cc1. The minimum atomic E-state index is -0.293. The predicted octanol–water partition coefficient (Wildman–Crippen LogP) is 3.33. The average Bonchev–Trinajstić information content (AvgIpc) is 2.61. The third kappa shape index (κ3) is 6.83. The van der Waals surface area contributed by atoms with Gasteiger partial charge in [0.1, 0.15) is 0 Å². The maximum atomic E-state index is 12.1. The molecule has 27 heavy (non-hydrogen) atoms. The van der Waals surface area contributed by atoms with Gasteiger partial charge in [-0.2, -0.15) is 5.26 Å². The van der Waals surface area contributed by atoms with E-state index < -0.39 is 0 Å². The molecule has 0 aliphatic heterocycles. The van der Waals surface area contributed by atoms with Crippen molar-refractivity contribution in [2.75, 3.05) is 17.2 Å². The Morgan fingerprint density at radius 2 is 1.56 bits per heavy atom. The number of nitriles is 1. The number of nitrogens with one attached hydrogen (secondary N) is 3. The van der Waals surface area contributed by atoms with Crippen LogP contribution in [0.25, 0.3) is 0 Å². The summed E-state index contributed by atoms with van der Waals surface area (Å²) in [6.07, 6.45) is 0.347. The summed E-state index contributed by atoms with van der Waals surface area (Å²) in [5, 5.41) is 17.4. The van der Waals surface area contributed by atoms with Crippen LogP contribution in [0.3, 0.4) is 0 Å². The van der Waals surface area contributed by atoms with Crippen molar-refractivity contribution in [3.8, 4) is 6.07 Å². The molecule has 2 amide bonds. The van der Waals surface area contributed by atoms with Crippen LogP contribution in [-0.4, -0.2) is 23.9 Å². The molecule has 6 nitrogen and oxygen atoms in total. The smallest absolute Gasteiger partial charge is 0.251 e. The number of hydrogen-bond donors (Lipinski definition) is 3. The van der Waals surface area contributed by atoms with Crippen molar-refractivity contribution in [2.45, 2.75) is 32.7 Å². The number of carbonyl (C=O) groups is 2. The molecule has 0 saturated carbocycles. The zero-order valence-electron chi connectivity index (χ0n) is 15.8. The maximum absolute atomic E-state index is 12.1. The molecule has 0 unspecified atom stereocenters. The summed E-state index contributed by atoms with van der Waals surface area (Å²) < 4.78 is 0. The molecule has 2 aromatic carbocycles. The van der Waals surface area contributed by atoms with E-state index in [9.17, 15) is 9.59 Å². The molecule has 0 fully saturated rings. The van der Waals surface area contributed by atoms with Crippen LogP contribution in [0.15, 0.2) is 48.5 Å². The van der Waals surface area contributed by atoms with Crippen LogP contribution in [0.2, 0.25) is 0 Å². The fourth-order valence-electron chi connectivity index (χ4n) is 2.34. The van der Waals surface area contributed by atoms with E-state index in [-0.39, 0.29) is 23.9 Å². The predicted molar refractivity (Wildman–Crippen MR) is 107 cm³/mol. The number of rotatable bonds is 6. The summed E-state index contributed by atoms with van der Waals surface area (Å²) >= 11 is 0. The fraction of sp³-hybridized carbons (Fsp3) is 0.286. The third-order valence-electron chi connectivity index (χ3n) is 3.61. The van der Waals surface area contributed by atoms with E-state index in [0.29, 0.717) is 17.7 Å². The Morgan fingerprint density at radius 3 is 2.11 bits per heavy atom. The van der Waals surface area contributed by atoms with E-state index in [1.165, 1.54) is 0 Å². The zero-order valence-corrected chi connectivity index (χ0v) is 15.8. The van der Waals surface area contributed by atoms with Gasteiger partial charge in [0.25, 0.3) is 5.91 Å². The van der Waals surface area contributed by atoms with Crippen molar-refractivity contribution in [1.82, 2.24) is 5.32 Å². The van der Waals surface area contributed by atoms with Crippen LogP contribution in [0, 0.1) is 11.3 Å². The van der Waals surface area contributed by atoms with Gasteiger partial charge >= 0.3 is 0 Å². The number of anilines is 2. The quantitative estimate of drug-likeness (QED) is 0.733. The first kappa shape index (κ1) is 20.0. The normalized spacial score (nSPS) is 10.6. The molecule has 0 atom stereocenters. The summed E-state index contributed by atoms with van der Waals surface area (Å²) in [4.78, 5) is 24.1. The molecule has 0 aliphatic carbocycles. The number of nitrogens with zero attached hydrogens (tertiary/aromatic N) is 1. The molecule has 140 valence electrons. The van der Waals surface area contributed by atoms with Crippen LogP contribution in [0.5, 0.6) is 0 Å². The van der Waals surface area contributed by atoms with Gasteiger partial charge in [-0.15, -0.1) is 0 Å². The highest BCUT2D eigenvalue weighted by molar-refractivity contribution is 5.95. The molecule has 0 spiro atoms. The number of hydrogen-bond acceptors (Lipinski definition) is 4. The topological polar surface area (TPSA) is 94.0 Å². The highest BCUT2D eigenvalue weighted by Crippen LogP contribution is 2.12. The molecule has 2 rings (SSSR count). The Bertz CT molecular complexity index is 828. The van der Waals surface area contributed by atoms with Gasteiger partial charge in [0.2, 0.25) is 5.91 Å². The van der Waals surface area contributed by atoms with Crippen LogP contribution in [-0.2, 0) is 11.2 Å². The van der Waals surface area contributed by atoms with Crippen molar-refractivity contribution in [1.29, 1.82) is 5.26 Å². The minimum absolute atomic E-state index is 0.105. The third-order valence-corrected chi connectivity index (χ3v) is 3.61. The Hall–Kier alpha value is -3.33. The fourth-order valence-corrected chi connectivity index (χ4v) is 2.34. The van der Waals surface area contributed by atoms with Crippen molar-refractivity contribution >= 4 is 23.2 Å². The number of benzene rings is 2. The van der Waals surface area contributed by atoms with E-state index in [1.54, 1.807) is 36.4 Å². The standard InChI is InChI=1S/C21H24N4O2/c1-21(2,3)25-20(27)16-6-10-17(11-7-16)23-14-19(26)24-18-8-4-15(5-9-18)12-13-22/h4-11,23H,12,14H2,1-3H3,(H,24,26)(H,25,27). The average molecular weight is 364 g/mol. The lowest BCUT2D eigenvalue weighted by Gasteiger charge is -2.20. The van der Waals surface area contributed by atoms with Crippen molar-refractivity contribution in [2.24, 2.45) is 0 Å². The first-order valence-corrected chi connectivity index (χ1v) is 8.69. The molecule has 0 aromatic heterocycles. The summed E-state index contributed by atoms with van der Waals surface area (Å²) in [6.45, 7) is 5.89. The molecule has 0 aliphatic rings. The van der Waals surface area contributed by atoms with Gasteiger partial charge in [-0.1, -0.05) is 12.1 Å². The molecule has 3 N–H and O–H groups in total. The van der Waals surface area contributed by atoms with Crippen LogP contribution in [0.4, 0.5) is 11.4 Å². The molecule has 0 saturated heterocycles. The lowest BCUT2D eigenvalue weighted by atomic mass is 10.1. The second-order valence-corrected chi connectivity index (χ2v) is 7.22. The zero-order chi connectivity index (χ0) is 19.9. The van der Waals surface area contributed by atoms with E-state index >= 15 is 0 Å². The molecular formula is C21H24N4O2. The highest BCUT2D eigenvalue weighted by atomic mass is 16.2. The second-order valence-electron chi connectivity index (χ2n) is 7.22. The van der Waals surface area contributed by atoms with E-state index in [2.05, 4.69) is 22.0 Å². The van der Waals surface area contributed by atoms with Gasteiger partial charge in [0.15, 0.2) is 0 Å². The highest BCUT2D eigenvalue weighted by Gasteiger charge is 2.15. The van der Waals surface area contributed by atoms with Crippen LogP contribution >= 0.6 is 0 Å². The van der Waals surface area contributed by atoms with Crippen molar-refractivity contribution in [3.05, 3.63) is 59.7 Å². The van der Waals surface area contributed by atoms with Gasteiger partial charge in [0, 0.05) is 22.5 Å². The van der Waals surface area contributed by atoms with E-state index in [1.807, 2.05) is 32.9 Å². The van der Waals surface area contributed by atoms with E-state index in [4.69, 9.17) is 5.26 Å². The first-order valence-electron chi connectivity index (χ1n) is 8.69. The van der Waals surface area contributed by atoms with Gasteiger partial charge < -0.3 is 16.0 Å². The summed E-state index contributed by atoms with van der Waals surface area (Å²) in [5.41, 5.74) is 2.61.